The molecule has 6 rings (SSSR count). The fourth-order valence-corrected chi connectivity index (χ4v) is 7.84. The highest BCUT2D eigenvalue weighted by Gasteiger charge is 2.44. The van der Waals surface area contributed by atoms with Gasteiger partial charge < -0.3 is 29.0 Å². The minimum atomic E-state index is -0.593. The Kier molecular flexibility index (Phi) is 10.1. The molecule has 1 N–H and O–H groups in total. The number of hydrogen-bond acceptors (Lipinski definition) is 7. The standard InChI is InChI=1S/C39H48ClNO6/c1-38(2,3)47-37(43)28-10-16-36-34(21-28)41(24-39(25-46-36)18-5-6-27-20-30(40)11-15-33(27)39)22-29-9-14-32(29)35(17-19-42)45-23-26-7-12-31(44-4)13-8-26/h7-8,10-13,15-16,20-21,29,32,35,42H,5-6,9,14,17-19,22-25H2,1-4H3/t29-,32+,35-,39-/m0/s1. The Morgan fingerprint density at radius 1 is 1.11 bits per heavy atom. The quantitative estimate of drug-likeness (QED) is 0.223. The molecule has 3 aliphatic rings. The zero-order chi connectivity index (χ0) is 33.2. The summed E-state index contributed by atoms with van der Waals surface area (Å²) >= 11 is 6.45. The number of anilines is 1. The Morgan fingerprint density at radius 3 is 2.62 bits per heavy atom. The van der Waals surface area contributed by atoms with Crippen molar-refractivity contribution in [2.75, 3.05) is 38.3 Å². The van der Waals surface area contributed by atoms with Crippen LogP contribution in [0.4, 0.5) is 5.69 Å². The van der Waals surface area contributed by atoms with Crippen LogP contribution in [0.5, 0.6) is 11.5 Å². The lowest BCUT2D eigenvalue weighted by Gasteiger charge is -2.46. The maximum absolute atomic E-state index is 13.2. The Bertz CT molecular complexity index is 1550. The largest absolute Gasteiger partial charge is 0.497 e. The second kappa shape index (κ2) is 14.1. The summed E-state index contributed by atoms with van der Waals surface area (Å²) in [6, 6.07) is 19.9. The lowest BCUT2D eigenvalue weighted by atomic mass is 9.68. The van der Waals surface area contributed by atoms with E-state index in [-0.39, 0.29) is 24.1 Å². The number of nitrogens with zero attached hydrogens (tertiary/aromatic N) is 1. The van der Waals surface area contributed by atoms with Crippen molar-refractivity contribution >= 4 is 23.3 Å². The SMILES string of the molecule is COc1ccc(CO[C@@H](CCO)[C@@H]2CC[C@H]2CN2C[C@@]3(CCCc4cc(Cl)ccc43)COc3ccc(C(=O)OC(C)(C)C)cc32)cc1. The summed E-state index contributed by atoms with van der Waals surface area (Å²) < 4.78 is 24.2. The molecule has 0 unspecified atom stereocenters. The van der Waals surface area contributed by atoms with Crippen LogP contribution in [0.25, 0.3) is 0 Å². The Hall–Kier alpha value is -3.26. The molecule has 3 aromatic carbocycles. The highest BCUT2D eigenvalue weighted by Crippen LogP contribution is 2.47. The van der Waals surface area contributed by atoms with E-state index in [0.717, 1.165) is 73.0 Å². The first kappa shape index (κ1) is 33.6. The molecule has 0 aromatic heterocycles. The summed E-state index contributed by atoms with van der Waals surface area (Å²) in [4.78, 5) is 15.7. The van der Waals surface area contributed by atoms with E-state index in [2.05, 4.69) is 17.0 Å². The van der Waals surface area contributed by atoms with E-state index in [4.69, 9.17) is 30.5 Å². The van der Waals surface area contributed by atoms with Crippen LogP contribution >= 0.6 is 11.6 Å². The monoisotopic (exact) mass is 661 g/mol. The molecule has 1 heterocycles. The minimum absolute atomic E-state index is 0.0526. The van der Waals surface area contributed by atoms with Gasteiger partial charge in [-0.25, -0.2) is 4.79 Å². The Labute approximate surface area is 284 Å². The third-order valence-corrected chi connectivity index (χ3v) is 10.4. The lowest BCUT2D eigenvalue weighted by Crippen LogP contribution is -2.50. The molecule has 4 atom stereocenters. The first-order chi connectivity index (χ1) is 22.6. The number of carbonyl (C=O) groups excluding carboxylic acids is 1. The van der Waals surface area contributed by atoms with Crippen LogP contribution < -0.4 is 14.4 Å². The molecule has 8 heteroatoms. The molecule has 252 valence electrons. The number of benzene rings is 3. The van der Waals surface area contributed by atoms with Crippen LogP contribution in [0, 0.1) is 11.8 Å². The average Bonchev–Trinajstić information content (AvgIpc) is 3.18. The summed E-state index contributed by atoms with van der Waals surface area (Å²) in [5.41, 5.74) is 4.33. The third-order valence-electron chi connectivity index (χ3n) is 10.1. The second-order valence-corrected chi connectivity index (χ2v) is 14.9. The number of aliphatic hydroxyl groups excluding tert-OH is 1. The zero-order valence-corrected chi connectivity index (χ0v) is 28.9. The molecule has 1 saturated carbocycles. The maximum atomic E-state index is 13.2. The predicted octanol–water partition coefficient (Wildman–Crippen LogP) is 7.77. The van der Waals surface area contributed by atoms with E-state index in [1.807, 2.05) is 69.3 Å². The molecule has 3 aromatic rings. The lowest BCUT2D eigenvalue weighted by molar-refractivity contribution is -0.0605. The van der Waals surface area contributed by atoms with Gasteiger partial charge in [-0.05, 0) is 130 Å². The van der Waals surface area contributed by atoms with Gasteiger partial charge >= 0.3 is 5.97 Å². The van der Waals surface area contributed by atoms with Crippen molar-refractivity contribution in [3.63, 3.8) is 0 Å². The van der Waals surface area contributed by atoms with Gasteiger partial charge in [-0.3, -0.25) is 0 Å². The average molecular weight is 662 g/mol. The number of fused-ring (bicyclic) bond motifs is 3. The number of methoxy groups -OCH3 is 1. The van der Waals surface area contributed by atoms with E-state index in [1.165, 1.54) is 11.1 Å². The van der Waals surface area contributed by atoms with E-state index in [9.17, 15) is 9.90 Å². The zero-order valence-electron chi connectivity index (χ0n) is 28.1. The van der Waals surface area contributed by atoms with Crippen LogP contribution in [0.1, 0.15) is 79.9 Å². The van der Waals surface area contributed by atoms with Crippen molar-refractivity contribution in [3.05, 3.63) is 87.9 Å². The fraction of sp³-hybridized carbons (Fsp3) is 0.513. The number of esters is 1. The van der Waals surface area contributed by atoms with Crippen LogP contribution in [-0.4, -0.2) is 56.2 Å². The van der Waals surface area contributed by atoms with Gasteiger partial charge in [0.05, 0.1) is 37.7 Å². The molecule has 1 fully saturated rings. The minimum Gasteiger partial charge on any atom is -0.497 e. The van der Waals surface area contributed by atoms with Gasteiger partial charge in [0, 0.05) is 30.1 Å². The number of aryl methyl sites for hydroxylation is 1. The topological polar surface area (TPSA) is 77.5 Å². The highest BCUT2D eigenvalue weighted by molar-refractivity contribution is 6.30. The van der Waals surface area contributed by atoms with Gasteiger partial charge in [0.15, 0.2) is 0 Å². The molecule has 0 radical (unpaired) electrons. The van der Waals surface area contributed by atoms with Gasteiger partial charge in [0.2, 0.25) is 0 Å². The number of rotatable bonds is 10. The molecule has 47 heavy (non-hydrogen) atoms. The Morgan fingerprint density at radius 2 is 1.91 bits per heavy atom. The molecule has 1 spiro atoms. The summed E-state index contributed by atoms with van der Waals surface area (Å²) in [7, 11) is 1.66. The van der Waals surface area contributed by atoms with Crippen LogP contribution in [0.2, 0.25) is 5.02 Å². The summed E-state index contributed by atoms with van der Waals surface area (Å²) in [6.45, 7) is 8.36. The number of aliphatic hydroxyl groups is 1. The first-order valence-corrected chi connectivity index (χ1v) is 17.3. The second-order valence-electron chi connectivity index (χ2n) is 14.5. The van der Waals surface area contributed by atoms with Gasteiger partial charge in [-0.15, -0.1) is 0 Å². The van der Waals surface area contributed by atoms with Crippen molar-refractivity contribution in [2.24, 2.45) is 11.8 Å². The fourth-order valence-electron chi connectivity index (χ4n) is 7.65. The van der Waals surface area contributed by atoms with Gasteiger partial charge in [-0.1, -0.05) is 29.8 Å². The maximum Gasteiger partial charge on any atom is 0.338 e. The first-order valence-electron chi connectivity index (χ1n) is 17.0. The van der Waals surface area contributed by atoms with Crippen LogP contribution in [0.15, 0.2) is 60.7 Å². The smallest absolute Gasteiger partial charge is 0.338 e. The summed E-state index contributed by atoms with van der Waals surface area (Å²) in [5.74, 6) is 1.94. The van der Waals surface area contributed by atoms with E-state index >= 15 is 0 Å². The molecular weight excluding hydrogens is 614 g/mol. The van der Waals surface area contributed by atoms with E-state index in [0.29, 0.717) is 37.0 Å². The molecule has 0 saturated heterocycles. The summed E-state index contributed by atoms with van der Waals surface area (Å²) in [6.07, 6.45) is 5.76. The third kappa shape index (κ3) is 7.58. The van der Waals surface area contributed by atoms with Crippen LogP contribution in [-0.2, 0) is 27.9 Å². The number of halogens is 1. The van der Waals surface area contributed by atoms with E-state index in [1.54, 1.807) is 7.11 Å². The normalized spacial score (nSPS) is 22.7. The van der Waals surface area contributed by atoms with Crippen molar-refractivity contribution in [1.29, 1.82) is 0 Å². The number of carbonyl (C=O) groups is 1. The molecule has 7 nitrogen and oxygen atoms in total. The Balaban J connectivity index is 1.29. The molecular formula is C39H48ClNO6. The van der Waals surface area contributed by atoms with Gasteiger partial charge in [0.1, 0.15) is 17.1 Å². The van der Waals surface area contributed by atoms with Crippen molar-refractivity contribution < 1.29 is 28.8 Å². The van der Waals surface area contributed by atoms with Gasteiger partial charge in [-0.2, -0.15) is 0 Å². The number of ether oxygens (including phenoxy) is 4. The molecule has 2 aliphatic carbocycles. The summed E-state index contributed by atoms with van der Waals surface area (Å²) in [5, 5.41) is 10.8. The van der Waals surface area contributed by atoms with Crippen molar-refractivity contribution in [2.45, 2.75) is 83.0 Å². The number of hydrogen-bond donors (Lipinski definition) is 1. The molecule has 0 bridgehead atoms. The molecule has 1 aliphatic heterocycles. The predicted molar refractivity (Wildman–Crippen MR) is 185 cm³/mol. The van der Waals surface area contributed by atoms with Crippen LogP contribution in [0.3, 0.4) is 0 Å². The van der Waals surface area contributed by atoms with Crippen molar-refractivity contribution in [1.82, 2.24) is 0 Å². The van der Waals surface area contributed by atoms with Gasteiger partial charge in [0.25, 0.3) is 0 Å². The highest BCUT2D eigenvalue weighted by atomic mass is 35.5. The molecule has 0 amide bonds. The van der Waals surface area contributed by atoms with E-state index < -0.39 is 5.60 Å². The van der Waals surface area contributed by atoms with Crippen molar-refractivity contribution in [3.8, 4) is 11.5 Å².